The first-order chi connectivity index (χ1) is 7.19. The van der Waals surface area contributed by atoms with E-state index in [1.807, 2.05) is 31.2 Å². The van der Waals surface area contributed by atoms with Gasteiger partial charge in [0.15, 0.2) is 6.10 Å². The van der Waals surface area contributed by atoms with E-state index in [-0.39, 0.29) is 5.97 Å². The van der Waals surface area contributed by atoms with E-state index < -0.39 is 6.10 Å². The third kappa shape index (κ3) is 3.06. The summed E-state index contributed by atoms with van der Waals surface area (Å²) in [5.41, 5.74) is 1.97. The molecule has 1 unspecified atom stereocenters. The number of aryl methyl sites for hydroxylation is 1. The lowest BCUT2D eigenvalue weighted by Crippen LogP contribution is -2.17. The fraction of sp³-hybridized carbons (Fsp3) is 0.417. The third-order valence-corrected chi connectivity index (χ3v) is 2.12. The van der Waals surface area contributed by atoms with Crippen molar-refractivity contribution in [2.24, 2.45) is 0 Å². The largest absolute Gasteiger partial charge is 0.464 e. The summed E-state index contributed by atoms with van der Waals surface area (Å²) in [5, 5.41) is 0. The van der Waals surface area contributed by atoms with Gasteiger partial charge in [0.2, 0.25) is 0 Å². The summed E-state index contributed by atoms with van der Waals surface area (Å²) in [5.74, 6) is -0.344. The van der Waals surface area contributed by atoms with Gasteiger partial charge in [-0.2, -0.15) is 0 Å². The molecule has 15 heavy (non-hydrogen) atoms. The van der Waals surface area contributed by atoms with Gasteiger partial charge in [0.1, 0.15) is 0 Å². The van der Waals surface area contributed by atoms with Crippen LogP contribution in [-0.2, 0) is 14.3 Å². The average Bonchev–Trinajstić information content (AvgIpc) is 2.22. The van der Waals surface area contributed by atoms with Crippen LogP contribution in [0.25, 0.3) is 0 Å². The minimum atomic E-state index is -0.620. The summed E-state index contributed by atoms with van der Waals surface area (Å²) >= 11 is 0. The zero-order valence-electron chi connectivity index (χ0n) is 9.32. The maximum absolute atomic E-state index is 11.5. The van der Waals surface area contributed by atoms with Crippen molar-refractivity contribution in [3.63, 3.8) is 0 Å². The summed E-state index contributed by atoms with van der Waals surface area (Å²) in [4.78, 5) is 11.5. The van der Waals surface area contributed by atoms with Crippen LogP contribution in [0, 0.1) is 6.92 Å². The monoisotopic (exact) mass is 208 g/mol. The number of ether oxygens (including phenoxy) is 2. The first-order valence-corrected chi connectivity index (χ1v) is 4.95. The topological polar surface area (TPSA) is 35.5 Å². The molecule has 0 aliphatic rings. The minimum absolute atomic E-state index is 0.344. The van der Waals surface area contributed by atoms with E-state index in [1.165, 1.54) is 7.11 Å². The minimum Gasteiger partial charge on any atom is -0.464 e. The van der Waals surface area contributed by atoms with Crippen LogP contribution in [0.3, 0.4) is 0 Å². The van der Waals surface area contributed by atoms with Crippen LogP contribution in [0.15, 0.2) is 24.3 Å². The van der Waals surface area contributed by atoms with Crippen LogP contribution in [-0.4, -0.2) is 19.7 Å². The lowest BCUT2D eigenvalue weighted by atomic mass is 10.1. The fourth-order valence-electron chi connectivity index (χ4n) is 1.33. The number of carbonyl (C=O) groups excluding carboxylic acids is 1. The van der Waals surface area contributed by atoms with Crippen molar-refractivity contribution >= 4 is 5.97 Å². The lowest BCUT2D eigenvalue weighted by Gasteiger charge is -2.14. The van der Waals surface area contributed by atoms with Crippen molar-refractivity contribution < 1.29 is 14.3 Å². The van der Waals surface area contributed by atoms with Crippen molar-refractivity contribution in [2.75, 3.05) is 13.7 Å². The van der Waals surface area contributed by atoms with Crippen LogP contribution in [0.2, 0.25) is 0 Å². The summed E-state index contributed by atoms with van der Waals surface area (Å²) in [6.07, 6.45) is -0.620. The standard InChI is InChI=1S/C12H16O3/c1-4-15-12(13)11(14-3)10-7-5-9(2)6-8-10/h5-8,11H,4H2,1-3H3. The van der Waals surface area contributed by atoms with Gasteiger partial charge in [-0.25, -0.2) is 4.79 Å². The van der Waals surface area contributed by atoms with E-state index >= 15 is 0 Å². The summed E-state index contributed by atoms with van der Waals surface area (Å²) in [7, 11) is 1.50. The highest BCUT2D eigenvalue weighted by Crippen LogP contribution is 2.18. The molecule has 1 aromatic carbocycles. The summed E-state index contributed by atoms with van der Waals surface area (Å²) in [6, 6.07) is 7.64. The van der Waals surface area contributed by atoms with E-state index in [2.05, 4.69) is 0 Å². The number of hydrogen-bond donors (Lipinski definition) is 0. The Morgan fingerprint density at radius 1 is 1.33 bits per heavy atom. The van der Waals surface area contributed by atoms with Gasteiger partial charge in [0.05, 0.1) is 6.61 Å². The van der Waals surface area contributed by atoms with E-state index in [1.54, 1.807) is 6.92 Å². The second-order valence-corrected chi connectivity index (χ2v) is 3.28. The second kappa shape index (κ2) is 5.51. The Hall–Kier alpha value is -1.35. The molecule has 82 valence electrons. The number of hydrogen-bond acceptors (Lipinski definition) is 3. The van der Waals surface area contributed by atoms with Gasteiger partial charge in [-0.05, 0) is 19.4 Å². The quantitative estimate of drug-likeness (QED) is 0.712. The molecule has 0 amide bonds. The molecule has 3 heteroatoms. The molecule has 0 radical (unpaired) electrons. The molecule has 0 aliphatic carbocycles. The molecule has 0 bridgehead atoms. The van der Waals surface area contributed by atoms with E-state index in [0.717, 1.165) is 11.1 Å². The van der Waals surface area contributed by atoms with Crippen molar-refractivity contribution in [3.05, 3.63) is 35.4 Å². The highest BCUT2D eigenvalue weighted by Gasteiger charge is 2.20. The Kier molecular flexibility index (Phi) is 4.31. The zero-order valence-corrected chi connectivity index (χ0v) is 9.32. The Bertz CT molecular complexity index is 316. The normalized spacial score (nSPS) is 12.2. The van der Waals surface area contributed by atoms with Crippen molar-refractivity contribution in [1.29, 1.82) is 0 Å². The predicted octanol–water partition coefficient (Wildman–Crippen LogP) is 2.25. The van der Waals surface area contributed by atoms with Crippen LogP contribution < -0.4 is 0 Å². The number of benzene rings is 1. The van der Waals surface area contributed by atoms with Gasteiger partial charge in [-0.15, -0.1) is 0 Å². The fourth-order valence-corrected chi connectivity index (χ4v) is 1.33. The molecule has 3 nitrogen and oxygen atoms in total. The molecule has 0 fully saturated rings. The molecule has 0 heterocycles. The molecular formula is C12H16O3. The molecule has 0 saturated heterocycles. The lowest BCUT2D eigenvalue weighted by molar-refractivity contribution is -0.155. The molecule has 1 atom stereocenters. The summed E-state index contributed by atoms with van der Waals surface area (Å²) in [6.45, 7) is 4.14. The predicted molar refractivity (Wildman–Crippen MR) is 57.6 cm³/mol. The van der Waals surface area contributed by atoms with Gasteiger partial charge in [-0.1, -0.05) is 29.8 Å². The smallest absolute Gasteiger partial charge is 0.339 e. The molecule has 0 spiro atoms. The van der Waals surface area contributed by atoms with E-state index in [9.17, 15) is 4.79 Å². The highest BCUT2D eigenvalue weighted by atomic mass is 16.6. The molecule has 0 saturated carbocycles. The van der Waals surface area contributed by atoms with Gasteiger partial charge < -0.3 is 9.47 Å². The Labute approximate surface area is 90.0 Å². The first kappa shape index (κ1) is 11.7. The molecular weight excluding hydrogens is 192 g/mol. The Morgan fingerprint density at radius 3 is 2.40 bits per heavy atom. The molecule has 0 aliphatic heterocycles. The molecule has 0 aromatic heterocycles. The maximum atomic E-state index is 11.5. The van der Waals surface area contributed by atoms with Crippen molar-refractivity contribution in [3.8, 4) is 0 Å². The van der Waals surface area contributed by atoms with Crippen LogP contribution in [0.1, 0.15) is 24.2 Å². The van der Waals surface area contributed by atoms with Gasteiger partial charge in [-0.3, -0.25) is 0 Å². The van der Waals surface area contributed by atoms with E-state index in [4.69, 9.17) is 9.47 Å². The van der Waals surface area contributed by atoms with Gasteiger partial charge in [0.25, 0.3) is 0 Å². The molecule has 1 aromatic rings. The average molecular weight is 208 g/mol. The Balaban J connectivity index is 2.82. The van der Waals surface area contributed by atoms with Crippen LogP contribution in [0.4, 0.5) is 0 Å². The number of carbonyl (C=O) groups is 1. The summed E-state index contributed by atoms with van der Waals surface area (Å²) < 4.78 is 10.0. The molecule has 0 N–H and O–H groups in total. The van der Waals surface area contributed by atoms with Gasteiger partial charge >= 0.3 is 5.97 Å². The zero-order chi connectivity index (χ0) is 11.3. The van der Waals surface area contributed by atoms with Gasteiger partial charge in [0, 0.05) is 7.11 Å². The van der Waals surface area contributed by atoms with Crippen LogP contribution in [0.5, 0.6) is 0 Å². The Morgan fingerprint density at radius 2 is 1.93 bits per heavy atom. The van der Waals surface area contributed by atoms with Crippen molar-refractivity contribution in [2.45, 2.75) is 20.0 Å². The third-order valence-electron chi connectivity index (χ3n) is 2.12. The van der Waals surface area contributed by atoms with Crippen molar-refractivity contribution in [1.82, 2.24) is 0 Å². The SMILES string of the molecule is CCOC(=O)C(OC)c1ccc(C)cc1. The van der Waals surface area contributed by atoms with Crippen LogP contribution >= 0.6 is 0 Å². The highest BCUT2D eigenvalue weighted by molar-refractivity contribution is 5.76. The molecule has 1 rings (SSSR count). The first-order valence-electron chi connectivity index (χ1n) is 4.95. The second-order valence-electron chi connectivity index (χ2n) is 3.28. The maximum Gasteiger partial charge on any atom is 0.339 e. The van der Waals surface area contributed by atoms with E-state index in [0.29, 0.717) is 6.61 Å². The number of rotatable bonds is 4. The number of esters is 1. The number of methoxy groups -OCH3 is 1.